The maximum atomic E-state index is 14.6. The van der Waals surface area contributed by atoms with Crippen molar-refractivity contribution in [3.63, 3.8) is 0 Å². The van der Waals surface area contributed by atoms with Crippen LogP contribution >= 0.6 is 0 Å². The smallest absolute Gasteiger partial charge is 0.407 e. The number of hydrogen-bond donors (Lipinski definition) is 2. The monoisotopic (exact) mass is 642 g/mol. The molecular formula is C33H37F3N4O6. The van der Waals surface area contributed by atoms with E-state index in [0.29, 0.717) is 24.1 Å². The number of methoxy groups -OCH3 is 1. The van der Waals surface area contributed by atoms with Crippen LogP contribution in [0, 0.1) is 23.4 Å². The van der Waals surface area contributed by atoms with Crippen molar-refractivity contribution in [3.05, 3.63) is 77.5 Å². The number of pyridine rings is 2. The second-order valence-corrected chi connectivity index (χ2v) is 12.1. The van der Waals surface area contributed by atoms with Crippen LogP contribution in [0.4, 0.5) is 23.7 Å². The number of amides is 2. The number of hydrogen-bond acceptors (Lipinski definition) is 8. The Morgan fingerprint density at radius 3 is 2.39 bits per heavy atom. The lowest BCUT2D eigenvalue weighted by Gasteiger charge is -2.41. The first-order valence-corrected chi connectivity index (χ1v) is 14.8. The predicted octanol–water partition coefficient (Wildman–Crippen LogP) is 6.17. The highest BCUT2D eigenvalue weighted by molar-refractivity contribution is 6.03. The molecule has 2 amide bonds. The van der Waals surface area contributed by atoms with Crippen molar-refractivity contribution in [1.29, 1.82) is 0 Å². The second-order valence-electron chi connectivity index (χ2n) is 12.1. The highest BCUT2D eigenvalue weighted by Gasteiger charge is 2.39. The van der Waals surface area contributed by atoms with E-state index in [1.54, 1.807) is 33.0 Å². The zero-order chi connectivity index (χ0) is 33.6. The number of carbonyl (C=O) groups excluding carboxylic acids is 3. The molecule has 0 aliphatic heterocycles. The molecule has 1 aliphatic rings. The SMILES string of the molecule is COC(=O)CCO[C@H]1[C@H](C)C[C@H](c2ccncc2NC(=O)c2ccc(F)c(-c3c(F)cccc3F)n2)C[C@@H]1NC(=O)OC(C)(C)C. The fraction of sp³-hybridized carbons (Fsp3) is 0.424. The Hall–Kier alpha value is -4.52. The number of aromatic nitrogens is 2. The molecule has 0 unspecified atom stereocenters. The molecule has 2 aromatic heterocycles. The number of benzene rings is 1. The van der Waals surface area contributed by atoms with E-state index in [1.165, 1.54) is 13.3 Å². The average molecular weight is 643 g/mol. The first-order chi connectivity index (χ1) is 21.8. The molecule has 4 atom stereocenters. The zero-order valence-electron chi connectivity index (χ0n) is 26.2. The number of nitrogens with zero attached hydrogens (tertiary/aromatic N) is 2. The molecule has 1 aromatic carbocycles. The number of halogens is 3. The summed E-state index contributed by atoms with van der Waals surface area (Å²) < 4.78 is 59.7. The molecule has 3 aromatic rings. The standard InChI is InChI=1S/C33H37F3N4O6/c1-18-15-19(16-25(40-32(43)46-33(2,3)4)30(18)45-14-12-27(41)44-5)20-11-13-37-17-26(20)39-31(42)24-10-9-23(36)29(38-24)28-21(34)7-6-8-22(28)35/h6-11,13,17-19,25,30H,12,14-16H2,1-5H3,(H,39,42)(H,40,43)/t18-,19+,25+,30+/m1/s1. The fourth-order valence-corrected chi connectivity index (χ4v) is 5.55. The Labute approximate surface area is 265 Å². The van der Waals surface area contributed by atoms with Gasteiger partial charge in [-0.2, -0.15) is 0 Å². The van der Waals surface area contributed by atoms with E-state index >= 15 is 0 Å². The van der Waals surface area contributed by atoms with Crippen molar-refractivity contribution in [2.24, 2.45) is 5.92 Å². The molecule has 0 saturated heterocycles. The first-order valence-electron chi connectivity index (χ1n) is 14.8. The van der Waals surface area contributed by atoms with E-state index in [2.05, 4.69) is 20.6 Å². The average Bonchev–Trinajstić information content (AvgIpc) is 2.98. The Morgan fingerprint density at radius 1 is 1.00 bits per heavy atom. The van der Waals surface area contributed by atoms with Gasteiger partial charge in [-0.25, -0.2) is 22.9 Å². The predicted molar refractivity (Wildman–Crippen MR) is 162 cm³/mol. The first kappa shape index (κ1) is 34.4. The number of nitrogens with one attached hydrogen (secondary N) is 2. The van der Waals surface area contributed by atoms with Gasteiger partial charge in [0.2, 0.25) is 0 Å². The number of esters is 1. The van der Waals surface area contributed by atoms with E-state index in [1.807, 2.05) is 6.92 Å². The van der Waals surface area contributed by atoms with Crippen molar-refractivity contribution in [2.45, 2.75) is 70.6 Å². The van der Waals surface area contributed by atoms with Crippen LogP contribution in [0.15, 0.2) is 48.8 Å². The van der Waals surface area contributed by atoms with E-state index in [0.717, 1.165) is 30.3 Å². The van der Waals surface area contributed by atoms with Crippen LogP contribution in [0.5, 0.6) is 0 Å². The molecule has 1 aliphatic carbocycles. The zero-order valence-corrected chi connectivity index (χ0v) is 26.2. The second kappa shape index (κ2) is 14.7. The van der Waals surface area contributed by atoms with Crippen molar-refractivity contribution in [3.8, 4) is 11.3 Å². The number of alkyl carbamates (subject to hydrolysis) is 1. The van der Waals surface area contributed by atoms with Gasteiger partial charge in [0.05, 0.1) is 49.7 Å². The van der Waals surface area contributed by atoms with Crippen LogP contribution in [0.2, 0.25) is 0 Å². The quantitative estimate of drug-likeness (QED) is 0.265. The molecule has 1 fully saturated rings. The van der Waals surface area contributed by atoms with Crippen LogP contribution < -0.4 is 10.6 Å². The molecule has 2 N–H and O–H groups in total. The third kappa shape index (κ3) is 8.59. The number of ether oxygens (including phenoxy) is 3. The third-order valence-corrected chi connectivity index (χ3v) is 7.52. The van der Waals surface area contributed by atoms with Gasteiger partial charge in [-0.05, 0) is 81.3 Å². The van der Waals surface area contributed by atoms with Crippen LogP contribution in [0.25, 0.3) is 11.3 Å². The summed E-state index contributed by atoms with van der Waals surface area (Å²) in [4.78, 5) is 45.9. The van der Waals surface area contributed by atoms with Crippen LogP contribution in [0.1, 0.15) is 68.9 Å². The van der Waals surface area contributed by atoms with Crippen LogP contribution in [0.3, 0.4) is 0 Å². The summed E-state index contributed by atoms with van der Waals surface area (Å²) in [5, 5.41) is 5.67. The Balaban J connectivity index is 1.58. The Bertz CT molecular complexity index is 1560. The summed E-state index contributed by atoms with van der Waals surface area (Å²) in [7, 11) is 1.29. The molecule has 2 heterocycles. The van der Waals surface area contributed by atoms with Gasteiger partial charge < -0.3 is 24.8 Å². The summed E-state index contributed by atoms with van der Waals surface area (Å²) in [5.74, 6) is -4.51. The van der Waals surface area contributed by atoms with Gasteiger partial charge in [0.25, 0.3) is 5.91 Å². The van der Waals surface area contributed by atoms with Gasteiger partial charge in [-0.1, -0.05) is 13.0 Å². The fourth-order valence-electron chi connectivity index (χ4n) is 5.55. The summed E-state index contributed by atoms with van der Waals surface area (Å²) in [6.07, 6.45) is 2.98. The van der Waals surface area contributed by atoms with Crippen LogP contribution in [-0.4, -0.2) is 59.4 Å². The van der Waals surface area contributed by atoms with Gasteiger partial charge >= 0.3 is 12.1 Å². The maximum absolute atomic E-state index is 14.6. The van der Waals surface area contributed by atoms with E-state index in [9.17, 15) is 27.6 Å². The van der Waals surface area contributed by atoms with Crippen molar-refractivity contribution in [1.82, 2.24) is 15.3 Å². The molecule has 4 rings (SSSR count). The van der Waals surface area contributed by atoms with E-state index in [4.69, 9.17) is 14.2 Å². The molecule has 13 heteroatoms. The minimum absolute atomic E-state index is 0.0472. The molecule has 0 spiro atoms. The van der Waals surface area contributed by atoms with Gasteiger partial charge in [0.15, 0.2) is 0 Å². The van der Waals surface area contributed by atoms with Crippen LogP contribution in [-0.2, 0) is 19.0 Å². The lowest BCUT2D eigenvalue weighted by molar-refractivity contribution is -0.143. The van der Waals surface area contributed by atoms with Crippen molar-refractivity contribution >= 4 is 23.7 Å². The molecule has 246 valence electrons. The molecule has 0 radical (unpaired) electrons. The largest absolute Gasteiger partial charge is 0.469 e. The normalized spacial score (nSPS) is 19.7. The minimum atomic E-state index is -1.02. The van der Waals surface area contributed by atoms with E-state index < -0.39 is 64.4 Å². The summed E-state index contributed by atoms with van der Waals surface area (Å²) >= 11 is 0. The summed E-state index contributed by atoms with van der Waals surface area (Å²) in [5.41, 5.74) is -1.27. The molecule has 1 saturated carbocycles. The van der Waals surface area contributed by atoms with Gasteiger partial charge in [0, 0.05) is 6.20 Å². The number of anilines is 1. The Morgan fingerprint density at radius 2 is 1.72 bits per heavy atom. The third-order valence-electron chi connectivity index (χ3n) is 7.52. The summed E-state index contributed by atoms with van der Waals surface area (Å²) in [6.45, 7) is 7.31. The van der Waals surface area contributed by atoms with Crippen molar-refractivity contribution in [2.75, 3.05) is 19.0 Å². The molecule has 0 bridgehead atoms. The molecule has 10 nitrogen and oxygen atoms in total. The van der Waals surface area contributed by atoms with Gasteiger partial charge in [-0.3, -0.25) is 14.6 Å². The summed E-state index contributed by atoms with van der Waals surface area (Å²) in [6, 6.07) is 6.34. The topological polar surface area (TPSA) is 129 Å². The Kier molecular flexibility index (Phi) is 11.0. The highest BCUT2D eigenvalue weighted by Crippen LogP contribution is 2.40. The number of carbonyl (C=O) groups is 3. The maximum Gasteiger partial charge on any atom is 0.407 e. The van der Waals surface area contributed by atoms with E-state index in [-0.39, 0.29) is 30.6 Å². The molecular weight excluding hydrogens is 605 g/mol. The van der Waals surface area contributed by atoms with Crippen molar-refractivity contribution < 1.29 is 41.8 Å². The highest BCUT2D eigenvalue weighted by atomic mass is 19.1. The van der Waals surface area contributed by atoms with Gasteiger partial charge in [0.1, 0.15) is 34.4 Å². The van der Waals surface area contributed by atoms with Gasteiger partial charge in [-0.15, -0.1) is 0 Å². The minimum Gasteiger partial charge on any atom is -0.469 e. The number of rotatable bonds is 9. The lowest BCUT2D eigenvalue weighted by Crippen LogP contribution is -2.52. The molecule has 46 heavy (non-hydrogen) atoms. The lowest BCUT2D eigenvalue weighted by atomic mass is 9.74.